The molecule has 2 aliphatic rings. The normalized spacial score (nSPS) is 27.5. The summed E-state index contributed by atoms with van der Waals surface area (Å²) < 4.78 is 11.9. The molecule has 0 radical (unpaired) electrons. The molecule has 0 spiro atoms. The Balaban J connectivity index is 1.38. The third-order valence-electron chi connectivity index (χ3n) is 6.87. The monoisotopic (exact) mass is 452 g/mol. The van der Waals surface area contributed by atoms with Crippen LogP contribution in [0, 0.1) is 5.92 Å². The summed E-state index contributed by atoms with van der Waals surface area (Å²) in [7, 11) is 1.94. The van der Waals surface area contributed by atoms with E-state index < -0.39 is 11.1 Å². The number of nitrogens with one attached hydrogen (secondary N) is 1. The number of hydrogen-bond donors (Lipinski definition) is 1. The second-order valence-corrected chi connectivity index (χ2v) is 10.5. The number of fused-ring (bicyclic) bond motifs is 1. The van der Waals surface area contributed by atoms with Crippen molar-refractivity contribution in [2.75, 3.05) is 13.6 Å². The molecule has 1 unspecified atom stereocenters. The summed E-state index contributed by atoms with van der Waals surface area (Å²) >= 11 is 0. The van der Waals surface area contributed by atoms with Gasteiger partial charge in [-0.05, 0) is 62.9 Å². The molecular formula is C27H36N2O4. The number of nitrogens with zero attached hydrogens (tertiary/aromatic N) is 1. The summed E-state index contributed by atoms with van der Waals surface area (Å²) in [6, 6.07) is 14.2. The van der Waals surface area contributed by atoms with E-state index in [-0.39, 0.29) is 29.9 Å². The van der Waals surface area contributed by atoms with E-state index >= 15 is 0 Å². The first-order valence-electron chi connectivity index (χ1n) is 12.0. The number of hydrogen-bond acceptors (Lipinski definition) is 5. The predicted molar refractivity (Wildman–Crippen MR) is 129 cm³/mol. The maximum atomic E-state index is 13.2. The van der Waals surface area contributed by atoms with E-state index in [1.807, 2.05) is 57.8 Å². The van der Waals surface area contributed by atoms with Gasteiger partial charge in [0.15, 0.2) is 0 Å². The lowest BCUT2D eigenvalue weighted by Gasteiger charge is -2.27. The first-order valence-corrected chi connectivity index (χ1v) is 12.0. The van der Waals surface area contributed by atoms with Gasteiger partial charge in [0.25, 0.3) is 0 Å². The van der Waals surface area contributed by atoms with Gasteiger partial charge in [0.1, 0.15) is 11.1 Å². The molecule has 6 heteroatoms. The van der Waals surface area contributed by atoms with Crippen LogP contribution in [0.4, 0.5) is 0 Å². The van der Waals surface area contributed by atoms with Gasteiger partial charge < -0.3 is 14.8 Å². The first-order chi connectivity index (χ1) is 15.6. The predicted octanol–water partition coefficient (Wildman–Crippen LogP) is 4.06. The van der Waals surface area contributed by atoms with Crippen molar-refractivity contribution >= 4 is 22.6 Å². The average molecular weight is 453 g/mol. The molecular weight excluding hydrogens is 416 g/mol. The second-order valence-electron chi connectivity index (χ2n) is 10.5. The number of amides is 1. The van der Waals surface area contributed by atoms with Gasteiger partial charge in [0.05, 0.1) is 18.8 Å². The SMILES string of the molecule is CC[C@H]1C[C@]1(NC(=O)C1C[C@@H](OCc2cccc3ccccc23)CN1C)C(=O)OC(C)(C)C. The lowest BCUT2D eigenvalue weighted by Crippen LogP contribution is -2.52. The van der Waals surface area contributed by atoms with Gasteiger partial charge in [-0.15, -0.1) is 0 Å². The van der Waals surface area contributed by atoms with Crippen LogP contribution in [-0.4, -0.2) is 53.7 Å². The van der Waals surface area contributed by atoms with Gasteiger partial charge in [-0.2, -0.15) is 0 Å². The minimum atomic E-state index is -0.887. The fourth-order valence-corrected chi connectivity index (χ4v) is 4.95. The molecule has 1 N–H and O–H groups in total. The molecule has 1 aliphatic heterocycles. The lowest BCUT2D eigenvalue weighted by molar-refractivity contribution is -0.161. The molecule has 6 nitrogen and oxygen atoms in total. The van der Waals surface area contributed by atoms with Gasteiger partial charge in [0, 0.05) is 6.54 Å². The molecule has 0 bridgehead atoms. The summed E-state index contributed by atoms with van der Waals surface area (Å²) in [6.45, 7) is 8.79. The van der Waals surface area contributed by atoms with Crippen LogP contribution < -0.4 is 5.32 Å². The molecule has 178 valence electrons. The molecule has 1 saturated carbocycles. The van der Waals surface area contributed by atoms with Crippen molar-refractivity contribution in [2.45, 2.75) is 76.9 Å². The summed E-state index contributed by atoms with van der Waals surface area (Å²) in [5.41, 5.74) is -0.321. The Kier molecular flexibility index (Phi) is 6.52. The molecule has 1 aliphatic carbocycles. The van der Waals surface area contributed by atoms with Crippen LogP contribution in [0.25, 0.3) is 10.8 Å². The van der Waals surface area contributed by atoms with E-state index in [4.69, 9.17) is 9.47 Å². The standard InChI is InChI=1S/C27H36N2O4/c1-6-20-15-27(20,25(31)33-26(2,3)4)28-24(30)23-14-21(16-29(23)5)32-17-19-12-9-11-18-10-7-8-13-22(18)19/h7-13,20-21,23H,6,14-17H2,1-5H3,(H,28,30)/t20-,21+,23?,27+/m0/s1. The zero-order valence-corrected chi connectivity index (χ0v) is 20.4. The Bertz CT molecular complexity index is 1020. The molecule has 1 amide bonds. The molecule has 2 aromatic rings. The van der Waals surface area contributed by atoms with Gasteiger partial charge in [-0.1, -0.05) is 55.8 Å². The van der Waals surface area contributed by atoms with Gasteiger partial charge in [0.2, 0.25) is 5.91 Å². The van der Waals surface area contributed by atoms with E-state index in [2.05, 4.69) is 29.6 Å². The van der Waals surface area contributed by atoms with Crippen molar-refractivity contribution in [1.29, 1.82) is 0 Å². The minimum Gasteiger partial charge on any atom is -0.458 e. The molecule has 33 heavy (non-hydrogen) atoms. The highest BCUT2D eigenvalue weighted by molar-refractivity contribution is 5.93. The van der Waals surface area contributed by atoms with Crippen LogP contribution >= 0.6 is 0 Å². The molecule has 4 atom stereocenters. The van der Waals surface area contributed by atoms with Crippen LogP contribution in [0.5, 0.6) is 0 Å². The Morgan fingerprint density at radius 1 is 1.15 bits per heavy atom. The van der Waals surface area contributed by atoms with E-state index in [1.54, 1.807) is 0 Å². The van der Waals surface area contributed by atoms with Crippen LogP contribution in [-0.2, 0) is 25.7 Å². The molecule has 1 saturated heterocycles. The van der Waals surface area contributed by atoms with Crippen molar-refractivity contribution in [2.24, 2.45) is 5.92 Å². The number of ether oxygens (including phenoxy) is 2. The largest absolute Gasteiger partial charge is 0.458 e. The maximum Gasteiger partial charge on any atom is 0.332 e. The Hall–Kier alpha value is -2.44. The lowest BCUT2D eigenvalue weighted by atomic mass is 10.1. The maximum absolute atomic E-state index is 13.2. The fourth-order valence-electron chi connectivity index (χ4n) is 4.95. The van der Waals surface area contributed by atoms with Crippen LogP contribution in [0.3, 0.4) is 0 Å². The van der Waals surface area contributed by atoms with Crippen LogP contribution in [0.15, 0.2) is 42.5 Å². The first kappa shape index (κ1) is 23.7. The fraction of sp³-hybridized carbons (Fsp3) is 0.556. The van der Waals surface area contributed by atoms with Crippen molar-refractivity contribution < 1.29 is 19.1 Å². The van der Waals surface area contributed by atoms with Crippen LogP contribution in [0.2, 0.25) is 0 Å². The summed E-state index contributed by atoms with van der Waals surface area (Å²) in [5.74, 6) is -0.309. The summed E-state index contributed by atoms with van der Waals surface area (Å²) in [5, 5.41) is 5.46. The van der Waals surface area contributed by atoms with E-state index in [0.717, 1.165) is 12.0 Å². The van der Waals surface area contributed by atoms with Crippen LogP contribution in [0.1, 0.15) is 52.5 Å². The highest BCUT2D eigenvalue weighted by Gasteiger charge is 2.62. The highest BCUT2D eigenvalue weighted by Crippen LogP contribution is 2.47. The molecule has 1 heterocycles. The number of likely N-dealkylation sites (N-methyl/N-ethyl adjacent to an activating group) is 1. The van der Waals surface area contributed by atoms with Crippen molar-refractivity contribution in [3.05, 3.63) is 48.0 Å². The van der Waals surface area contributed by atoms with Gasteiger partial charge in [-0.3, -0.25) is 9.69 Å². The van der Waals surface area contributed by atoms with Gasteiger partial charge >= 0.3 is 5.97 Å². The Morgan fingerprint density at radius 2 is 1.88 bits per heavy atom. The molecule has 2 fully saturated rings. The minimum absolute atomic E-state index is 0.0385. The number of benzene rings is 2. The Morgan fingerprint density at radius 3 is 2.58 bits per heavy atom. The number of carbonyl (C=O) groups is 2. The van der Waals surface area contributed by atoms with Crippen molar-refractivity contribution in [1.82, 2.24) is 10.2 Å². The quantitative estimate of drug-likeness (QED) is 0.642. The van der Waals surface area contributed by atoms with E-state index in [9.17, 15) is 9.59 Å². The molecule has 2 aromatic carbocycles. The second kappa shape index (κ2) is 9.07. The van der Waals surface area contributed by atoms with Crippen molar-refractivity contribution in [3.8, 4) is 0 Å². The number of esters is 1. The van der Waals surface area contributed by atoms with E-state index in [1.165, 1.54) is 10.8 Å². The summed E-state index contributed by atoms with van der Waals surface area (Å²) in [6.07, 6.45) is 2.04. The Labute approximate surface area is 196 Å². The zero-order valence-electron chi connectivity index (χ0n) is 20.4. The van der Waals surface area contributed by atoms with Crippen molar-refractivity contribution in [3.63, 3.8) is 0 Å². The van der Waals surface area contributed by atoms with Gasteiger partial charge in [-0.25, -0.2) is 4.79 Å². The molecule has 0 aromatic heterocycles. The third kappa shape index (κ3) is 5.07. The van der Waals surface area contributed by atoms with E-state index in [0.29, 0.717) is 26.0 Å². The number of carbonyl (C=O) groups excluding carboxylic acids is 2. The zero-order chi connectivity index (χ0) is 23.8. The average Bonchev–Trinajstić information content (AvgIpc) is 3.35. The highest BCUT2D eigenvalue weighted by atomic mass is 16.6. The number of rotatable bonds is 7. The number of likely N-dealkylation sites (tertiary alicyclic amines) is 1. The summed E-state index contributed by atoms with van der Waals surface area (Å²) in [4.78, 5) is 28.1. The third-order valence-corrected chi connectivity index (χ3v) is 6.87. The molecule has 4 rings (SSSR count). The smallest absolute Gasteiger partial charge is 0.332 e. The topological polar surface area (TPSA) is 67.9 Å².